The van der Waals surface area contributed by atoms with E-state index in [1.165, 1.54) is 55.0 Å². The lowest BCUT2D eigenvalue weighted by Crippen LogP contribution is -2.75. The molecule has 7 heteroatoms. The largest absolute Gasteiger partial charge is 0.508 e. The van der Waals surface area contributed by atoms with Crippen molar-refractivity contribution in [3.63, 3.8) is 0 Å². The number of phenols is 1. The zero-order valence-electron chi connectivity index (χ0n) is 56.4. The van der Waals surface area contributed by atoms with Gasteiger partial charge in [0.15, 0.2) is 16.1 Å². The van der Waals surface area contributed by atoms with E-state index in [1.54, 1.807) is 30.3 Å². The Labute approximate surface area is 615 Å². The van der Waals surface area contributed by atoms with Gasteiger partial charge in [-0.2, -0.15) is 0 Å². The van der Waals surface area contributed by atoms with Gasteiger partial charge in [-0.1, -0.05) is 411 Å². The predicted octanol–water partition coefficient (Wildman–Crippen LogP) is 20.8. The molecule has 0 fully saturated rings. The number of para-hydroxylation sites is 2. The predicted molar refractivity (Wildman–Crippen MR) is 437 cm³/mol. The molecule has 0 heterocycles. The van der Waals surface area contributed by atoms with Crippen LogP contribution in [0.3, 0.4) is 0 Å². The Morgan fingerprint density at radius 1 is 0.214 bits per heavy atom. The minimum Gasteiger partial charge on any atom is -0.508 e. The molecule has 16 aromatic carbocycles. The molecule has 0 unspecified atom stereocenters. The van der Waals surface area contributed by atoms with Crippen molar-refractivity contribution in [2.75, 3.05) is 0 Å². The normalized spacial score (nSPS) is 11.1. The Balaban J connectivity index is 0.000000160. The van der Waals surface area contributed by atoms with E-state index in [-0.39, 0.29) is 5.02 Å². The van der Waals surface area contributed by atoms with E-state index in [2.05, 4.69) is 322 Å². The maximum absolute atomic E-state index is 15.4. The molecule has 0 aliphatic carbocycles. The molecular formula is C96H71Cl2FO2Si2. The number of hydrogen-bond donors (Lipinski definition) is 1. The number of rotatable bonds is 16. The van der Waals surface area contributed by atoms with E-state index in [1.807, 2.05) is 66.7 Å². The second-order valence-corrected chi connectivity index (χ2v) is 33.4. The Hall–Kier alpha value is -11.9. The summed E-state index contributed by atoms with van der Waals surface area (Å²) < 4.78 is 21.9. The summed E-state index contributed by atoms with van der Waals surface area (Å²) >= 11 is 14.6. The molecule has 496 valence electrons. The monoisotopic (exact) mass is 1400 g/mol. The average molecular weight is 1400 g/mol. The number of benzene rings is 16. The summed E-state index contributed by atoms with van der Waals surface area (Å²) in [5.41, 5.74) is 13.9. The molecule has 1 N–H and O–H groups in total. The Morgan fingerprint density at radius 3 is 0.670 bits per heavy atom. The molecule has 0 saturated carbocycles. The van der Waals surface area contributed by atoms with Crippen molar-refractivity contribution in [2.45, 2.75) is 0 Å². The third-order valence-corrected chi connectivity index (χ3v) is 29.7. The molecule has 0 amide bonds. The summed E-state index contributed by atoms with van der Waals surface area (Å²) in [4.78, 5) is 0. The summed E-state index contributed by atoms with van der Waals surface area (Å²) in [6.07, 6.45) is 0. The zero-order valence-corrected chi connectivity index (χ0v) is 59.9. The number of hydrogen-bond acceptors (Lipinski definition) is 2. The van der Waals surface area contributed by atoms with Gasteiger partial charge in [0, 0.05) is 0 Å². The highest BCUT2D eigenvalue weighted by Crippen LogP contribution is 2.32. The Morgan fingerprint density at radius 2 is 0.427 bits per heavy atom. The van der Waals surface area contributed by atoms with Gasteiger partial charge in [0.25, 0.3) is 0 Å². The highest BCUT2D eigenvalue weighted by atomic mass is 35.5. The third kappa shape index (κ3) is 15.0. The first-order chi connectivity index (χ1) is 50.7. The number of ether oxygens (including phenoxy) is 1. The van der Waals surface area contributed by atoms with Crippen LogP contribution in [0.1, 0.15) is 0 Å². The molecule has 16 aromatic rings. The summed E-state index contributed by atoms with van der Waals surface area (Å²) in [5.74, 6) is 1.30. The van der Waals surface area contributed by atoms with Gasteiger partial charge in [0.05, 0.1) is 10.0 Å². The molecule has 2 nitrogen and oxygen atoms in total. The molecule has 0 saturated heterocycles. The van der Waals surface area contributed by atoms with Gasteiger partial charge in [-0.15, -0.1) is 0 Å². The molecule has 0 aliphatic heterocycles. The molecular weight excluding hydrogens is 1330 g/mol. The first-order valence-electron chi connectivity index (χ1n) is 34.4. The van der Waals surface area contributed by atoms with E-state index < -0.39 is 22.0 Å². The van der Waals surface area contributed by atoms with Crippen molar-refractivity contribution >= 4 is 80.8 Å². The maximum atomic E-state index is 15.4. The molecule has 0 radical (unpaired) electrons. The van der Waals surface area contributed by atoms with Crippen molar-refractivity contribution in [2.24, 2.45) is 0 Å². The first-order valence-corrected chi connectivity index (χ1v) is 39.2. The second kappa shape index (κ2) is 32.2. The highest BCUT2D eigenvalue weighted by Gasteiger charge is 2.45. The van der Waals surface area contributed by atoms with Crippen LogP contribution in [0.5, 0.6) is 17.2 Å². The highest BCUT2D eigenvalue weighted by molar-refractivity contribution is 7.21. The van der Waals surface area contributed by atoms with Crippen molar-refractivity contribution in [3.8, 4) is 84.0 Å². The van der Waals surface area contributed by atoms with Crippen LogP contribution in [0.15, 0.2) is 425 Å². The van der Waals surface area contributed by atoms with Crippen LogP contribution in [0.4, 0.5) is 4.39 Å². The van der Waals surface area contributed by atoms with Gasteiger partial charge >= 0.3 is 0 Å². The van der Waals surface area contributed by atoms with Gasteiger partial charge in [-0.05, 0) is 145 Å². The summed E-state index contributed by atoms with van der Waals surface area (Å²) in [5, 5.41) is 18.4. The molecule has 0 aliphatic rings. The lowest BCUT2D eigenvalue weighted by molar-refractivity contribution is 0.475. The number of halogens is 3. The van der Waals surface area contributed by atoms with Crippen LogP contribution in [0.25, 0.3) is 66.8 Å². The van der Waals surface area contributed by atoms with Crippen molar-refractivity contribution in [1.82, 2.24) is 0 Å². The van der Waals surface area contributed by atoms with Gasteiger partial charge in [-0.25, -0.2) is 4.39 Å². The molecule has 0 bridgehead atoms. The fourth-order valence-electron chi connectivity index (χ4n) is 13.9. The summed E-state index contributed by atoms with van der Waals surface area (Å²) in [7, 11) is -6.20. The van der Waals surface area contributed by atoms with E-state index in [9.17, 15) is 0 Å². The fraction of sp³-hybridized carbons (Fsp3) is 0. The second-order valence-electron chi connectivity index (χ2n) is 25.1. The molecule has 0 aromatic heterocycles. The maximum Gasteiger partial charge on any atom is 0.181 e. The van der Waals surface area contributed by atoms with Gasteiger partial charge < -0.3 is 9.84 Å². The molecule has 0 atom stereocenters. The minimum atomic E-state index is -3.12. The minimum absolute atomic E-state index is 0.176. The smallest absolute Gasteiger partial charge is 0.181 e. The van der Waals surface area contributed by atoms with Gasteiger partial charge in [-0.3, -0.25) is 0 Å². The number of phenolic OH excluding ortho intramolecular Hbond substituents is 1. The Kier molecular flexibility index (Phi) is 21.3. The average Bonchev–Trinajstić information content (AvgIpc) is 0.730. The van der Waals surface area contributed by atoms with Crippen LogP contribution in [-0.4, -0.2) is 21.3 Å². The van der Waals surface area contributed by atoms with Crippen molar-refractivity contribution in [3.05, 3.63) is 441 Å². The van der Waals surface area contributed by atoms with E-state index in [0.717, 1.165) is 65.1 Å². The standard InChI is InChI=1S/C48H35ClOSi.C42H30ClFSi.C6H6O/c49-48-46(50-42-20-11-4-12-21-42)22-13-23-47(48)51(43-30-24-39(25-31-43)36-14-5-1-6-15-36,44-32-26-40(27-33-44)37-16-7-2-8-17-37)45-34-28-41(29-35-45)38-18-9-3-10-19-38;43-42-40(44)17-10-18-41(42)45(37-25-19-34(20-26-37)31-11-4-1-5-12-31,38-27-21-35(22-28-38)32-13-6-2-7-14-32)39-29-23-36(24-30-39)33-15-8-3-9-16-33;7-6-4-2-1-3-5-6/h1-35H;1-30H;1-5,7H. The third-order valence-electron chi connectivity index (χ3n) is 19.0. The first kappa shape index (κ1) is 68.2. The Bertz CT molecular complexity index is 4960. The lowest BCUT2D eigenvalue weighted by atomic mass is 10.1. The fourth-order valence-corrected chi connectivity index (χ4v) is 24.5. The van der Waals surface area contributed by atoms with Crippen LogP contribution in [0, 0.1) is 5.82 Å². The van der Waals surface area contributed by atoms with Crippen molar-refractivity contribution in [1.29, 1.82) is 0 Å². The molecule has 16 rings (SSSR count). The van der Waals surface area contributed by atoms with E-state index in [4.69, 9.17) is 33.0 Å². The van der Waals surface area contributed by atoms with Gasteiger partial charge in [0.2, 0.25) is 0 Å². The van der Waals surface area contributed by atoms with E-state index >= 15 is 4.39 Å². The van der Waals surface area contributed by atoms with Crippen molar-refractivity contribution < 1.29 is 14.2 Å². The van der Waals surface area contributed by atoms with Crippen LogP contribution in [0.2, 0.25) is 10.0 Å². The zero-order chi connectivity index (χ0) is 70.2. The quantitative estimate of drug-likeness (QED) is 0.0772. The van der Waals surface area contributed by atoms with Gasteiger partial charge in [0.1, 0.15) is 23.1 Å². The van der Waals surface area contributed by atoms with Crippen LogP contribution >= 0.6 is 23.2 Å². The van der Waals surface area contributed by atoms with E-state index in [0.29, 0.717) is 16.5 Å². The van der Waals surface area contributed by atoms with Crippen LogP contribution in [-0.2, 0) is 0 Å². The summed E-state index contributed by atoms with van der Waals surface area (Å²) in [6, 6.07) is 147. The lowest BCUT2D eigenvalue weighted by Gasteiger charge is -2.35. The molecule has 0 spiro atoms. The SMILES string of the molecule is Clc1c(Oc2ccccc2)cccc1[Si](c1ccc(-c2ccccc2)cc1)(c1ccc(-c2ccccc2)cc1)c1ccc(-c2ccccc2)cc1.Fc1cccc([Si](c2ccc(-c3ccccc3)cc2)(c2ccc(-c3ccccc3)cc2)c2ccc(-c3ccccc3)cc2)c1Cl.Oc1ccccc1. The molecule has 103 heavy (non-hydrogen) atoms. The van der Waals surface area contributed by atoms with Crippen LogP contribution < -0.4 is 46.2 Å². The number of aromatic hydroxyl groups is 1. The summed E-state index contributed by atoms with van der Waals surface area (Å²) in [6.45, 7) is 0. The topological polar surface area (TPSA) is 29.5 Å².